The Bertz CT molecular complexity index is 344. The predicted molar refractivity (Wildman–Crippen MR) is 77.9 cm³/mol. The Balaban J connectivity index is 5.85. The van der Waals surface area contributed by atoms with E-state index in [-0.39, 0.29) is 18.8 Å². The van der Waals surface area contributed by atoms with Gasteiger partial charge in [-0.1, -0.05) is 40.5 Å². The van der Waals surface area contributed by atoms with Crippen LogP contribution < -0.4 is 0 Å². The van der Waals surface area contributed by atoms with E-state index < -0.39 is 29.1 Å². The lowest BCUT2D eigenvalue weighted by Crippen LogP contribution is -2.53. The van der Waals surface area contributed by atoms with E-state index in [1.807, 2.05) is 6.92 Å². The second-order valence-corrected chi connectivity index (χ2v) is 7.00. The number of hydrogen-bond donors (Lipinski definition) is 0. The Kier molecular flexibility index (Phi) is 6.77. The summed E-state index contributed by atoms with van der Waals surface area (Å²) in [6, 6.07) is 0. The summed E-state index contributed by atoms with van der Waals surface area (Å²) in [5.41, 5.74) is -3.36. The van der Waals surface area contributed by atoms with Crippen LogP contribution in [0.1, 0.15) is 67.7 Å². The van der Waals surface area contributed by atoms with E-state index >= 15 is 0 Å². The molecule has 3 atom stereocenters. The first-order valence-electron chi connectivity index (χ1n) is 7.62. The fourth-order valence-corrected chi connectivity index (χ4v) is 2.41. The van der Waals surface area contributed by atoms with Gasteiger partial charge in [0.2, 0.25) is 0 Å². The lowest BCUT2D eigenvalue weighted by Gasteiger charge is -2.41. The van der Waals surface area contributed by atoms with Gasteiger partial charge in [0.25, 0.3) is 0 Å². The third kappa shape index (κ3) is 4.89. The molecule has 0 aliphatic carbocycles. The SMILES string of the molecule is CCC(C)CC(C(=O)OC(C)(C)C)(C(C)CC)C(F)(F)F. The molecule has 0 aliphatic rings. The van der Waals surface area contributed by atoms with Crippen molar-refractivity contribution in [3.8, 4) is 0 Å². The maximum Gasteiger partial charge on any atom is 0.405 e. The average molecular weight is 310 g/mol. The molecule has 3 unspecified atom stereocenters. The lowest BCUT2D eigenvalue weighted by atomic mass is 9.68. The first-order valence-corrected chi connectivity index (χ1v) is 7.62. The molecule has 0 aromatic carbocycles. The number of hydrogen-bond acceptors (Lipinski definition) is 2. The van der Waals surface area contributed by atoms with Crippen molar-refractivity contribution >= 4 is 5.97 Å². The zero-order chi connectivity index (χ0) is 17.1. The van der Waals surface area contributed by atoms with E-state index in [9.17, 15) is 18.0 Å². The molecule has 0 N–H and O–H groups in total. The van der Waals surface area contributed by atoms with Crippen LogP contribution in [0.25, 0.3) is 0 Å². The maximum absolute atomic E-state index is 13.8. The first kappa shape index (κ1) is 20.3. The highest BCUT2D eigenvalue weighted by molar-refractivity contribution is 5.78. The molecule has 21 heavy (non-hydrogen) atoms. The van der Waals surface area contributed by atoms with Crippen molar-refractivity contribution in [3.05, 3.63) is 0 Å². The van der Waals surface area contributed by atoms with Crippen molar-refractivity contribution in [3.63, 3.8) is 0 Å². The molecule has 0 fully saturated rings. The van der Waals surface area contributed by atoms with E-state index in [4.69, 9.17) is 4.74 Å². The van der Waals surface area contributed by atoms with Crippen LogP contribution in [-0.4, -0.2) is 17.7 Å². The Morgan fingerprint density at radius 2 is 1.52 bits per heavy atom. The van der Waals surface area contributed by atoms with Crippen LogP contribution in [-0.2, 0) is 9.53 Å². The van der Waals surface area contributed by atoms with Crippen molar-refractivity contribution in [2.24, 2.45) is 17.3 Å². The van der Waals surface area contributed by atoms with Crippen LogP contribution in [0.5, 0.6) is 0 Å². The molecule has 0 saturated carbocycles. The molecule has 0 bridgehead atoms. The van der Waals surface area contributed by atoms with Gasteiger partial charge in [-0.3, -0.25) is 4.79 Å². The third-order valence-electron chi connectivity index (χ3n) is 4.09. The highest BCUT2D eigenvalue weighted by Crippen LogP contribution is 2.51. The van der Waals surface area contributed by atoms with Gasteiger partial charge >= 0.3 is 12.1 Å². The Labute approximate surface area is 126 Å². The highest BCUT2D eigenvalue weighted by atomic mass is 19.4. The molecule has 126 valence electrons. The molecule has 0 amide bonds. The Hall–Kier alpha value is -0.740. The van der Waals surface area contributed by atoms with Crippen molar-refractivity contribution in [1.29, 1.82) is 0 Å². The van der Waals surface area contributed by atoms with Gasteiger partial charge < -0.3 is 4.74 Å². The van der Waals surface area contributed by atoms with Gasteiger partial charge in [-0.15, -0.1) is 0 Å². The van der Waals surface area contributed by atoms with E-state index in [0.717, 1.165) is 0 Å². The predicted octanol–water partition coefficient (Wildman–Crippen LogP) is 5.36. The lowest BCUT2D eigenvalue weighted by molar-refractivity contribution is -0.258. The minimum Gasteiger partial charge on any atom is -0.459 e. The summed E-state index contributed by atoms with van der Waals surface area (Å²) in [6.45, 7) is 11.5. The van der Waals surface area contributed by atoms with E-state index in [0.29, 0.717) is 6.42 Å². The zero-order valence-electron chi connectivity index (χ0n) is 14.2. The smallest absolute Gasteiger partial charge is 0.405 e. The topological polar surface area (TPSA) is 26.3 Å². The Morgan fingerprint density at radius 1 is 1.05 bits per heavy atom. The highest BCUT2D eigenvalue weighted by Gasteiger charge is 2.64. The van der Waals surface area contributed by atoms with Gasteiger partial charge in [0, 0.05) is 0 Å². The van der Waals surface area contributed by atoms with Crippen LogP contribution in [0.15, 0.2) is 0 Å². The standard InChI is InChI=1S/C16H29F3O2/c1-8-11(3)10-15(12(4)9-2,16(17,18)19)13(20)21-14(5,6)7/h11-12H,8-10H2,1-7H3. The van der Waals surface area contributed by atoms with Crippen LogP contribution in [0.2, 0.25) is 0 Å². The van der Waals surface area contributed by atoms with E-state index in [2.05, 4.69) is 0 Å². The number of esters is 1. The van der Waals surface area contributed by atoms with Gasteiger partial charge in [0.1, 0.15) is 5.60 Å². The summed E-state index contributed by atoms with van der Waals surface area (Å²) in [7, 11) is 0. The molecule has 0 rings (SSSR count). The van der Waals surface area contributed by atoms with Crippen LogP contribution in [0, 0.1) is 17.3 Å². The second-order valence-electron chi connectivity index (χ2n) is 7.00. The number of rotatable bonds is 6. The number of halogens is 3. The summed E-state index contributed by atoms with van der Waals surface area (Å²) >= 11 is 0. The van der Waals surface area contributed by atoms with Gasteiger partial charge in [-0.2, -0.15) is 13.2 Å². The van der Waals surface area contributed by atoms with Crippen LogP contribution >= 0.6 is 0 Å². The summed E-state index contributed by atoms with van der Waals surface area (Å²) in [5.74, 6) is -2.16. The normalized spacial score (nSPS) is 18.8. The molecule has 0 heterocycles. The molecule has 0 radical (unpaired) electrons. The molecule has 0 spiro atoms. The fraction of sp³-hybridized carbons (Fsp3) is 0.938. The average Bonchev–Trinajstić information content (AvgIpc) is 2.30. The monoisotopic (exact) mass is 310 g/mol. The van der Waals surface area contributed by atoms with Crippen LogP contribution in [0.3, 0.4) is 0 Å². The molecule has 0 saturated heterocycles. The molecular formula is C16H29F3O2. The van der Waals surface area contributed by atoms with E-state index in [1.54, 1.807) is 34.6 Å². The minimum absolute atomic E-state index is 0.201. The molecule has 2 nitrogen and oxygen atoms in total. The second kappa shape index (κ2) is 7.01. The van der Waals surface area contributed by atoms with Gasteiger partial charge in [0.05, 0.1) is 0 Å². The number of ether oxygens (including phenoxy) is 1. The zero-order valence-corrected chi connectivity index (χ0v) is 14.2. The van der Waals surface area contributed by atoms with Gasteiger partial charge in [0.15, 0.2) is 5.41 Å². The molecule has 0 aromatic heterocycles. The maximum atomic E-state index is 13.8. The molecule has 0 aromatic rings. The number of carbonyl (C=O) groups is 1. The van der Waals surface area contributed by atoms with Crippen molar-refractivity contribution in [1.82, 2.24) is 0 Å². The Morgan fingerprint density at radius 3 is 1.81 bits per heavy atom. The van der Waals surface area contributed by atoms with Crippen molar-refractivity contribution < 1.29 is 22.7 Å². The summed E-state index contributed by atoms with van der Waals surface area (Å²) in [4.78, 5) is 12.4. The minimum atomic E-state index is -4.62. The largest absolute Gasteiger partial charge is 0.459 e. The van der Waals surface area contributed by atoms with Gasteiger partial charge in [-0.25, -0.2) is 0 Å². The van der Waals surface area contributed by atoms with Crippen LogP contribution in [0.4, 0.5) is 13.2 Å². The molecule has 5 heteroatoms. The summed E-state index contributed by atoms with van der Waals surface area (Å²) < 4.78 is 46.6. The number of alkyl halides is 3. The van der Waals surface area contributed by atoms with Crippen molar-refractivity contribution in [2.75, 3.05) is 0 Å². The fourth-order valence-electron chi connectivity index (χ4n) is 2.41. The molecule has 0 aliphatic heterocycles. The summed E-state index contributed by atoms with van der Waals surface area (Å²) in [5, 5.41) is 0. The number of carbonyl (C=O) groups excluding carboxylic acids is 1. The van der Waals surface area contributed by atoms with Crippen molar-refractivity contribution in [2.45, 2.75) is 79.5 Å². The molecular weight excluding hydrogens is 281 g/mol. The quantitative estimate of drug-likeness (QED) is 0.617. The van der Waals surface area contributed by atoms with E-state index in [1.165, 1.54) is 6.92 Å². The van der Waals surface area contributed by atoms with Gasteiger partial charge in [-0.05, 0) is 39.0 Å². The third-order valence-corrected chi connectivity index (χ3v) is 4.09. The first-order chi connectivity index (χ1) is 9.31. The summed E-state index contributed by atoms with van der Waals surface area (Å²) in [6.07, 6.45) is -3.97.